The molecule has 0 bridgehead atoms. The number of likely N-dealkylation sites (tertiary alicyclic amines) is 1. The van der Waals surface area contributed by atoms with E-state index in [0.717, 1.165) is 53.8 Å². The zero-order chi connectivity index (χ0) is 23.1. The summed E-state index contributed by atoms with van der Waals surface area (Å²) in [6, 6.07) is 8.09. The maximum Gasteiger partial charge on any atom is 0.407 e. The van der Waals surface area contributed by atoms with Gasteiger partial charge in [0.2, 0.25) is 0 Å². The van der Waals surface area contributed by atoms with Crippen LogP contribution >= 0.6 is 0 Å². The lowest BCUT2D eigenvalue weighted by atomic mass is 9.93. The van der Waals surface area contributed by atoms with Crippen LogP contribution in [0.4, 0.5) is 4.79 Å². The highest BCUT2D eigenvalue weighted by atomic mass is 16.4. The number of carboxylic acid groups (broad SMARTS) is 1. The summed E-state index contributed by atoms with van der Waals surface area (Å²) in [4.78, 5) is 25.7. The van der Waals surface area contributed by atoms with Crippen molar-refractivity contribution in [1.82, 2.24) is 20.0 Å². The fraction of sp³-hybridized carbons (Fsp3) is 0.400. The van der Waals surface area contributed by atoms with Gasteiger partial charge in [0.1, 0.15) is 5.76 Å². The van der Waals surface area contributed by atoms with Gasteiger partial charge in [0.05, 0.1) is 18.3 Å². The van der Waals surface area contributed by atoms with E-state index >= 15 is 0 Å². The quantitative estimate of drug-likeness (QED) is 0.619. The van der Waals surface area contributed by atoms with Gasteiger partial charge in [0.25, 0.3) is 5.91 Å². The fourth-order valence-electron chi connectivity index (χ4n) is 5.01. The molecule has 5 rings (SSSR count). The Morgan fingerprint density at radius 3 is 2.85 bits per heavy atom. The van der Waals surface area contributed by atoms with Gasteiger partial charge in [0, 0.05) is 36.8 Å². The third kappa shape index (κ3) is 3.90. The molecular weight excluding hydrogens is 420 g/mol. The van der Waals surface area contributed by atoms with Crippen molar-refractivity contribution >= 4 is 12.0 Å². The molecule has 1 saturated heterocycles. The third-order valence-corrected chi connectivity index (χ3v) is 6.84. The number of rotatable bonds is 5. The Labute approximate surface area is 192 Å². The second kappa shape index (κ2) is 8.42. The van der Waals surface area contributed by atoms with Gasteiger partial charge in [-0.15, -0.1) is 0 Å². The van der Waals surface area contributed by atoms with Gasteiger partial charge in [-0.2, -0.15) is 5.10 Å². The van der Waals surface area contributed by atoms with Crippen LogP contribution in [-0.2, 0) is 19.4 Å². The Hall–Kier alpha value is -3.55. The van der Waals surface area contributed by atoms with Gasteiger partial charge in [-0.1, -0.05) is 24.3 Å². The van der Waals surface area contributed by atoms with Crippen LogP contribution in [0.3, 0.4) is 0 Å². The molecule has 3 heterocycles. The number of aromatic nitrogens is 2. The molecule has 2 aliphatic rings. The van der Waals surface area contributed by atoms with Crippen LogP contribution in [0.5, 0.6) is 0 Å². The van der Waals surface area contributed by atoms with Crippen LogP contribution in [0.2, 0.25) is 0 Å². The maximum atomic E-state index is 12.9. The molecule has 1 aromatic carbocycles. The number of aryl methyl sites for hydroxylation is 3. The molecule has 33 heavy (non-hydrogen) atoms. The number of carbonyl (C=O) groups excluding carboxylic acids is 1. The van der Waals surface area contributed by atoms with Crippen molar-refractivity contribution in [3.63, 3.8) is 0 Å². The normalized spacial score (nSPS) is 17.0. The second-order valence-electron chi connectivity index (χ2n) is 8.96. The van der Waals surface area contributed by atoms with E-state index in [-0.39, 0.29) is 18.5 Å². The summed E-state index contributed by atoms with van der Waals surface area (Å²) in [6.07, 6.45) is 4.26. The first-order chi connectivity index (χ1) is 15.9. The molecule has 0 radical (unpaired) electrons. The van der Waals surface area contributed by atoms with Gasteiger partial charge >= 0.3 is 6.09 Å². The Balaban J connectivity index is 1.36. The number of benzene rings is 1. The molecule has 3 aromatic rings. The number of amides is 2. The number of furan rings is 1. The summed E-state index contributed by atoms with van der Waals surface area (Å²) in [6.45, 7) is 5.49. The number of hydrogen-bond donors (Lipinski definition) is 2. The highest BCUT2D eigenvalue weighted by molar-refractivity contribution is 5.95. The zero-order valence-corrected chi connectivity index (χ0v) is 18.9. The third-order valence-electron chi connectivity index (χ3n) is 6.84. The lowest BCUT2D eigenvalue weighted by Gasteiger charge is -2.21. The standard InChI is InChI=1S/C25H28N4O4/c1-15-6-3-4-7-17(15)13-28-14-18-9-10-20-21(22(18)27-28)16(2)23(33-20)24(30)26-12-19-8-5-11-29(19)25(31)32/h3-4,6-7,14,19H,5,8-13H2,1-2H3,(H,26,30)(H,31,32). The van der Waals surface area contributed by atoms with E-state index in [1.807, 2.05) is 23.7 Å². The van der Waals surface area contributed by atoms with Crippen LogP contribution in [0.1, 0.15) is 51.4 Å². The van der Waals surface area contributed by atoms with E-state index in [9.17, 15) is 14.7 Å². The molecule has 8 heteroatoms. The van der Waals surface area contributed by atoms with Crippen LogP contribution in [-0.4, -0.2) is 50.9 Å². The molecule has 2 aromatic heterocycles. The highest BCUT2D eigenvalue weighted by Gasteiger charge is 2.32. The van der Waals surface area contributed by atoms with Crippen molar-refractivity contribution in [1.29, 1.82) is 0 Å². The van der Waals surface area contributed by atoms with E-state index in [1.54, 1.807) is 0 Å². The second-order valence-corrected chi connectivity index (χ2v) is 8.96. The van der Waals surface area contributed by atoms with Crippen LogP contribution in [0, 0.1) is 13.8 Å². The van der Waals surface area contributed by atoms with E-state index in [0.29, 0.717) is 18.8 Å². The lowest BCUT2D eigenvalue weighted by molar-refractivity contribution is 0.0904. The molecule has 172 valence electrons. The first-order valence-corrected chi connectivity index (χ1v) is 11.4. The number of fused-ring (bicyclic) bond motifs is 3. The van der Waals surface area contributed by atoms with Crippen molar-refractivity contribution in [2.24, 2.45) is 0 Å². The summed E-state index contributed by atoms with van der Waals surface area (Å²) in [5, 5.41) is 17.0. The number of nitrogens with zero attached hydrogens (tertiary/aromatic N) is 3. The molecule has 1 aliphatic carbocycles. The van der Waals surface area contributed by atoms with E-state index in [2.05, 4.69) is 30.6 Å². The van der Waals surface area contributed by atoms with E-state index < -0.39 is 6.09 Å². The van der Waals surface area contributed by atoms with Gasteiger partial charge in [-0.3, -0.25) is 9.48 Å². The SMILES string of the molecule is Cc1ccccc1Cn1cc2c(n1)-c1c(oc(C(=O)NCC3CCCN3C(=O)O)c1C)CC2. The first-order valence-electron chi connectivity index (χ1n) is 11.4. The van der Waals surface area contributed by atoms with Gasteiger partial charge in [-0.05, 0) is 49.8 Å². The first kappa shape index (κ1) is 21.3. The molecular formula is C25H28N4O4. The van der Waals surface area contributed by atoms with Crippen molar-refractivity contribution in [3.05, 3.63) is 64.2 Å². The molecule has 8 nitrogen and oxygen atoms in total. The zero-order valence-electron chi connectivity index (χ0n) is 18.9. The smallest absolute Gasteiger partial charge is 0.407 e. The molecule has 1 aliphatic heterocycles. The molecule has 0 spiro atoms. The van der Waals surface area contributed by atoms with Crippen LogP contribution in [0.25, 0.3) is 11.3 Å². The number of hydrogen-bond acceptors (Lipinski definition) is 4. The van der Waals surface area contributed by atoms with Crippen LogP contribution in [0.15, 0.2) is 34.9 Å². The molecule has 2 N–H and O–H groups in total. The number of carbonyl (C=O) groups is 2. The van der Waals surface area contributed by atoms with E-state index in [4.69, 9.17) is 9.52 Å². The summed E-state index contributed by atoms with van der Waals surface area (Å²) in [5.74, 6) is 0.778. The fourth-order valence-corrected chi connectivity index (χ4v) is 5.01. The Kier molecular flexibility index (Phi) is 5.44. The average molecular weight is 449 g/mol. The minimum atomic E-state index is -0.940. The monoisotopic (exact) mass is 448 g/mol. The van der Waals surface area contributed by atoms with Gasteiger partial charge in [-0.25, -0.2) is 4.79 Å². The van der Waals surface area contributed by atoms with Crippen LogP contribution < -0.4 is 5.32 Å². The van der Waals surface area contributed by atoms with Gasteiger partial charge < -0.3 is 19.7 Å². The predicted molar refractivity (Wildman–Crippen MR) is 122 cm³/mol. The number of nitrogens with one attached hydrogen (secondary N) is 1. The van der Waals surface area contributed by atoms with E-state index in [1.165, 1.54) is 16.0 Å². The highest BCUT2D eigenvalue weighted by Crippen LogP contribution is 2.38. The maximum absolute atomic E-state index is 12.9. The summed E-state index contributed by atoms with van der Waals surface area (Å²) < 4.78 is 7.97. The topological polar surface area (TPSA) is 101 Å². The summed E-state index contributed by atoms with van der Waals surface area (Å²) in [7, 11) is 0. The van der Waals surface area contributed by atoms with Gasteiger partial charge in [0.15, 0.2) is 5.76 Å². The summed E-state index contributed by atoms with van der Waals surface area (Å²) in [5.41, 5.74) is 6.20. The predicted octanol–water partition coefficient (Wildman–Crippen LogP) is 3.78. The lowest BCUT2D eigenvalue weighted by Crippen LogP contribution is -2.42. The minimum Gasteiger partial charge on any atom is -0.465 e. The molecule has 2 amide bonds. The van der Waals surface area contributed by atoms with Crippen molar-refractivity contribution < 1.29 is 19.1 Å². The molecule has 1 atom stereocenters. The minimum absolute atomic E-state index is 0.194. The largest absolute Gasteiger partial charge is 0.465 e. The molecule has 1 fully saturated rings. The van der Waals surface area contributed by atoms with Crippen molar-refractivity contribution in [2.75, 3.05) is 13.1 Å². The van der Waals surface area contributed by atoms with Crippen molar-refractivity contribution in [2.45, 2.75) is 52.1 Å². The Morgan fingerprint density at radius 1 is 1.24 bits per heavy atom. The summed E-state index contributed by atoms with van der Waals surface area (Å²) >= 11 is 0. The molecule has 1 unspecified atom stereocenters. The average Bonchev–Trinajstić information content (AvgIpc) is 3.50. The molecule has 0 saturated carbocycles. The Morgan fingerprint density at radius 2 is 2.06 bits per heavy atom. The van der Waals surface area contributed by atoms with Crippen molar-refractivity contribution in [3.8, 4) is 11.3 Å². The Bertz CT molecular complexity index is 1230.